The summed E-state index contributed by atoms with van der Waals surface area (Å²) in [4.78, 5) is 48.0. The van der Waals surface area contributed by atoms with Gasteiger partial charge in [0.2, 0.25) is 0 Å². The number of cyclic esters (lactones) is 1. The molecule has 0 aromatic rings. The van der Waals surface area contributed by atoms with E-state index in [0.29, 0.717) is 18.4 Å². The molecule has 1 N–H and O–H groups in total. The minimum atomic E-state index is -0.580. The van der Waals surface area contributed by atoms with Crippen molar-refractivity contribution in [2.24, 2.45) is 22.7 Å². The van der Waals surface area contributed by atoms with Crippen molar-refractivity contribution < 1.29 is 38.1 Å². The van der Waals surface area contributed by atoms with E-state index in [1.54, 1.807) is 6.08 Å². The highest BCUT2D eigenvalue weighted by Crippen LogP contribution is 2.62. The van der Waals surface area contributed by atoms with Crippen LogP contribution >= 0.6 is 0 Å². The van der Waals surface area contributed by atoms with Gasteiger partial charge in [-0.2, -0.15) is 0 Å². The molecule has 0 bridgehead atoms. The van der Waals surface area contributed by atoms with Crippen LogP contribution in [-0.2, 0) is 38.1 Å². The fourth-order valence-corrected chi connectivity index (χ4v) is 6.74. The van der Waals surface area contributed by atoms with E-state index in [9.17, 15) is 19.2 Å². The molecule has 0 radical (unpaired) electrons. The van der Waals surface area contributed by atoms with Gasteiger partial charge in [-0.3, -0.25) is 19.7 Å². The van der Waals surface area contributed by atoms with E-state index in [-0.39, 0.29) is 55.1 Å². The molecule has 0 aromatic heterocycles. The normalized spacial score (nSPS) is 32.6. The van der Waals surface area contributed by atoms with Gasteiger partial charge in [0.25, 0.3) is 0 Å². The van der Waals surface area contributed by atoms with Crippen LogP contribution in [0.2, 0.25) is 0 Å². The lowest BCUT2D eigenvalue weighted by atomic mass is 9.46. The van der Waals surface area contributed by atoms with Crippen LogP contribution in [0.1, 0.15) is 59.8 Å². The first-order valence-corrected chi connectivity index (χ1v) is 12.6. The van der Waals surface area contributed by atoms with Crippen molar-refractivity contribution in [3.63, 3.8) is 0 Å². The lowest BCUT2D eigenvalue weighted by molar-refractivity contribution is -0.192. The van der Waals surface area contributed by atoms with Gasteiger partial charge < -0.3 is 18.9 Å². The molecule has 0 amide bonds. The van der Waals surface area contributed by atoms with Crippen molar-refractivity contribution in [2.75, 3.05) is 26.9 Å². The molecular weight excluding hydrogens is 466 g/mol. The number of hydrogen-bond acceptors (Lipinski definition) is 9. The highest BCUT2D eigenvalue weighted by molar-refractivity contribution is 5.91. The zero-order valence-corrected chi connectivity index (χ0v) is 22.0. The highest BCUT2D eigenvalue weighted by atomic mass is 16.6. The Hall–Kier alpha value is -2.68. The third kappa shape index (κ3) is 5.66. The first kappa shape index (κ1) is 27.9. The van der Waals surface area contributed by atoms with E-state index in [4.69, 9.17) is 18.9 Å². The number of hydrogen-bond donors (Lipinski definition) is 1. The Kier molecular flexibility index (Phi) is 8.64. The SMILES string of the molecule is C=C1CC[C@@H]2[C@](C)(COC(C)=O)[C@H](OC(C)=O)CC[C@@]2(C)[C@@H]1C[C@H](NCC(=O)OC)C1=CCOC1=O. The molecule has 0 aromatic carbocycles. The Labute approximate surface area is 212 Å². The maximum Gasteiger partial charge on any atom is 0.335 e. The van der Waals surface area contributed by atoms with Crippen molar-refractivity contribution in [1.29, 1.82) is 0 Å². The number of esters is 4. The van der Waals surface area contributed by atoms with Gasteiger partial charge in [-0.25, -0.2) is 4.79 Å². The van der Waals surface area contributed by atoms with Gasteiger partial charge in [-0.15, -0.1) is 0 Å². The summed E-state index contributed by atoms with van der Waals surface area (Å²) in [6.45, 7) is 11.8. The average molecular weight is 506 g/mol. The number of rotatable bonds is 9. The van der Waals surface area contributed by atoms with Crippen LogP contribution in [0.3, 0.4) is 0 Å². The Balaban J connectivity index is 1.94. The van der Waals surface area contributed by atoms with Crippen LogP contribution in [-0.4, -0.2) is 62.9 Å². The first-order valence-electron chi connectivity index (χ1n) is 12.6. The molecule has 3 rings (SSSR count). The van der Waals surface area contributed by atoms with Gasteiger partial charge in [0.05, 0.1) is 19.2 Å². The molecule has 0 saturated heterocycles. The van der Waals surface area contributed by atoms with Gasteiger partial charge >= 0.3 is 23.9 Å². The highest BCUT2D eigenvalue weighted by Gasteiger charge is 2.60. The Bertz CT molecular complexity index is 942. The summed E-state index contributed by atoms with van der Waals surface area (Å²) in [7, 11) is 1.32. The molecule has 36 heavy (non-hydrogen) atoms. The number of carbonyl (C=O) groups is 4. The van der Waals surface area contributed by atoms with Crippen molar-refractivity contribution >= 4 is 23.9 Å². The average Bonchev–Trinajstić information content (AvgIpc) is 3.24. The molecule has 3 aliphatic rings. The minimum absolute atomic E-state index is 0.00984. The lowest BCUT2D eigenvalue weighted by Crippen LogP contribution is -2.59. The van der Waals surface area contributed by atoms with Crippen LogP contribution in [0.15, 0.2) is 23.8 Å². The summed E-state index contributed by atoms with van der Waals surface area (Å²) in [6.07, 6.45) is 4.92. The molecule has 2 fully saturated rings. The zero-order chi connectivity index (χ0) is 26.7. The second kappa shape index (κ2) is 11.2. The molecular formula is C27H39NO8. The van der Waals surface area contributed by atoms with E-state index in [1.807, 2.05) is 6.92 Å². The third-order valence-corrected chi connectivity index (χ3v) is 8.53. The van der Waals surface area contributed by atoms with Gasteiger partial charge in [0, 0.05) is 25.3 Å². The molecule has 9 heteroatoms. The number of methoxy groups -OCH3 is 1. The van der Waals surface area contributed by atoms with E-state index in [1.165, 1.54) is 21.0 Å². The molecule has 6 atom stereocenters. The number of ether oxygens (including phenoxy) is 4. The number of nitrogens with one attached hydrogen (secondary N) is 1. The monoisotopic (exact) mass is 505 g/mol. The summed E-state index contributed by atoms with van der Waals surface area (Å²) in [6, 6.07) is -0.414. The van der Waals surface area contributed by atoms with Gasteiger partial charge in [0.15, 0.2) is 0 Å². The van der Waals surface area contributed by atoms with Crippen LogP contribution in [0.5, 0.6) is 0 Å². The Morgan fingerprint density at radius 1 is 1.22 bits per heavy atom. The largest absolute Gasteiger partial charge is 0.468 e. The van der Waals surface area contributed by atoms with E-state index in [2.05, 4.69) is 18.8 Å². The fourth-order valence-electron chi connectivity index (χ4n) is 6.74. The van der Waals surface area contributed by atoms with Crippen molar-refractivity contribution in [3.8, 4) is 0 Å². The Morgan fingerprint density at radius 3 is 2.53 bits per heavy atom. The van der Waals surface area contributed by atoms with Gasteiger partial charge in [0.1, 0.15) is 19.3 Å². The summed E-state index contributed by atoms with van der Waals surface area (Å²) >= 11 is 0. The second-order valence-corrected chi connectivity index (χ2v) is 10.7. The molecule has 200 valence electrons. The zero-order valence-electron chi connectivity index (χ0n) is 22.0. The van der Waals surface area contributed by atoms with E-state index >= 15 is 0 Å². The first-order chi connectivity index (χ1) is 16.9. The van der Waals surface area contributed by atoms with E-state index in [0.717, 1.165) is 24.8 Å². The van der Waals surface area contributed by atoms with Crippen LogP contribution in [0.4, 0.5) is 0 Å². The molecule has 0 spiro atoms. The van der Waals surface area contributed by atoms with Crippen molar-refractivity contribution in [3.05, 3.63) is 23.8 Å². The topological polar surface area (TPSA) is 117 Å². The smallest absolute Gasteiger partial charge is 0.335 e. The fraction of sp³-hybridized carbons (Fsp3) is 0.704. The summed E-state index contributed by atoms with van der Waals surface area (Å²) in [5, 5.41) is 3.20. The Morgan fingerprint density at radius 2 is 1.94 bits per heavy atom. The van der Waals surface area contributed by atoms with Crippen LogP contribution in [0, 0.1) is 22.7 Å². The van der Waals surface area contributed by atoms with E-state index < -0.39 is 23.4 Å². The molecule has 2 aliphatic carbocycles. The van der Waals surface area contributed by atoms with Crippen LogP contribution in [0.25, 0.3) is 0 Å². The third-order valence-electron chi connectivity index (χ3n) is 8.53. The van der Waals surface area contributed by atoms with Gasteiger partial charge in [-0.1, -0.05) is 26.0 Å². The quantitative estimate of drug-likeness (QED) is 0.287. The van der Waals surface area contributed by atoms with Crippen LogP contribution < -0.4 is 5.32 Å². The van der Waals surface area contributed by atoms with Crippen molar-refractivity contribution in [2.45, 2.75) is 71.9 Å². The summed E-state index contributed by atoms with van der Waals surface area (Å²) < 4.78 is 21.2. The molecule has 1 heterocycles. The molecule has 0 unspecified atom stereocenters. The second-order valence-electron chi connectivity index (χ2n) is 10.7. The predicted molar refractivity (Wildman–Crippen MR) is 130 cm³/mol. The van der Waals surface area contributed by atoms with Crippen molar-refractivity contribution in [1.82, 2.24) is 5.32 Å². The number of allylic oxidation sites excluding steroid dienone is 1. The summed E-state index contributed by atoms with van der Waals surface area (Å²) in [5.74, 6) is -1.46. The molecule has 1 aliphatic heterocycles. The predicted octanol–water partition coefficient (Wildman–Crippen LogP) is 2.87. The lowest BCUT2D eigenvalue weighted by Gasteiger charge is -2.60. The number of carbonyl (C=O) groups excluding carboxylic acids is 4. The van der Waals surface area contributed by atoms with Gasteiger partial charge in [-0.05, 0) is 55.4 Å². The minimum Gasteiger partial charge on any atom is -0.468 e. The standard InChI is InChI=1S/C27H39NO8/c1-16-7-8-22-26(4,11-9-23(36-18(3)30)27(22,5)15-35-17(2)29)20(16)13-21(28-14-24(31)33-6)19-10-12-34-25(19)32/h10,20-23,28H,1,7-9,11-15H2,2-6H3/t20-,21+,22+,23-,26+,27+/m1/s1. The maximum atomic E-state index is 12.4. The molecule has 9 nitrogen and oxygen atoms in total. The maximum absolute atomic E-state index is 12.4. The molecule has 2 saturated carbocycles. The summed E-state index contributed by atoms with van der Waals surface area (Å²) in [5.41, 5.74) is 0.763. The number of fused-ring (bicyclic) bond motifs is 1.